The lowest BCUT2D eigenvalue weighted by Crippen LogP contribution is -2.22. The van der Waals surface area contributed by atoms with Crippen molar-refractivity contribution in [1.82, 2.24) is 0 Å². The minimum absolute atomic E-state index is 0.113. The summed E-state index contributed by atoms with van der Waals surface area (Å²) in [5.74, 6) is -0.925. The van der Waals surface area contributed by atoms with Crippen molar-refractivity contribution < 1.29 is 17.9 Å². The predicted octanol–water partition coefficient (Wildman–Crippen LogP) is 1.86. The van der Waals surface area contributed by atoms with Crippen LogP contribution in [0.4, 0.5) is 0 Å². The summed E-state index contributed by atoms with van der Waals surface area (Å²) in [5.41, 5.74) is 3.23. The molecule has 0 radical (unpaired) electrons. The molecule has 5 heteroatoms. The normalized spacial score (nSPS) is 11.6. The zero-order valence-electron chi connectivity index (χ0n) is 11.8. The maximum Gasteiger partial charge on any atom is 0.178 e. The Bertz CT molecular complexity index is 550. The first-order chi connectivity index (χ1) is 8.76. The molecule has 0 fully saturated rings. The van der Waals surface area contributed by atoms with Gasteiger partial charge in [0.2, 0.25) is 0 Å². The summed E-state index contributed by atoms with van der Waals surface area (Å²) in [6.45, 7) is 5.72. The maximum atomic E-state index is 12.2. The van der Waals surface area contributed by atoms with E-state index in [1.165, 1.54) is 7.11 Å². The highest BCUT2D eigenvalue weighted by atomic mass is 32.2. The van der Waals surface area contributed by atoms with Gasteiger partial charge < -0.3 is 4.74 Å². The Hall–Kier alpha value is -1.20. The number of carbonyl (C=O) groups is 1. The smallest absolute Gasteiger partial charge is 0.178 e. The Morgan fingerprint density at radius 1 is 1.16 bits per heavy atom. The highest BCUT2D eigenvalue weighted by molar-refractivity contribution is 7.92. The van der Waals surface area contributed by atoms with Crippen LogP contribution < -0.4 is 0 Å². The third-order valence-electron chi connectivity index (χ3n) is 2.91. The van der Waals surface area contributed by atoms with Crippen molar-refractivity contribution in [2.24, 2.45) is 0 Å². The third kappa shape index (κ3) is 4.44. The van der Waals surface area contributed by atoms with Crippen LogP contribution >= 0.6 is 0 Å². The molecule has 0 aromatic heterocycles. The van der Waals surface area contributed by atoms with Gasteiger partial charge in [0.05, 0.1) is 12.4 Å². The van der Waals surface area contributed by atoms with Crippen LogP contribution in [0.15, 0.2) is 12.1 Å². The van der Waals surface area contributed by atoms with Crippen LogP contribution in [0.5, 0.6) is 0 Å². The first kappa shape index (κ1) is 15.9. The fraction of sp³-hybridized carbons (Fsp3) is 0.500. The molecule has 19 heavy (non-hydrogen) atoms. The van der Waals surface area contributed by atoms with Crippen molar-refractivity contribution in [2.45, 2.75) is 20.8 Å². The Morgan fingerprint density at radius 3 is 2.16 bits per heavy atom. The molecule has 0 aliphatic heterocycles. The first-order valence-electron chi connectivity index (χ1n) is 6.07. The molecule has 1 rings (SSSR count). The number of rotatable bonds is 6. The van der Waals surface area contributed by atoms with Gasteiger partial charge in [0.1, 0.15) is 5.75 Å². The van der Waals surface area contributed by atoms with Gasteiger partial charge in [-0.25, -0.2) is 8.42 Å². The zero-order chi connectivity index (χ0) is 14.6. The van der Waals surface area contributed by atoms with E-state index in [2.05, 4.69) is 0 Å². The number of benzene rings is 1. The van der Waals surface area contributed by atoms with Crippen molar-refractivity contribution in [3.63, 3.8) is 0 Å². The van der Waals surface area contributed by atoms with E-state index in [1.54, 1.807) is 0 Å². The number of carbonyl (C=O) groups excluding carboxylic acids is 1. The molecular weight excluding hydrogens is 264 g/mol. The number of methoxy groups -OCH3 is 1. The van der Waals surface area contributed by atoms with Gasteiger partial charge in [-0.15, -0.1) is 0 Å². The van der Waals surface area contributed by atoms with Gasteiger partial charge in [0.15, 0.2) is 15.6 Å². The summed E-state index contributed by atoms with van der Waals surface area (Å²) >= 11 is 0. The topological polar surface area (TPSA) is 60.4 Å². The molecule has 0 saturated carbocycles. The summed E-state index contributed by atoms with van der Waals surface area (Å²) in [6, 6.07) is 3.78. The van der Waals surface area contributed by atoms with Gasteiger partial charge in [-0.05, 0) is 31.9 Å². The molecule has 4 nitrogen and oxygen atoms in total. The lowest BCUT2D eigenvalue weighted by atomic mass is 9.97. The fourth-order valence-electron chi connectivity index (χ4n) is 2.17. The standard InChI is InChI=1S/C14H20O4S/c1-10-7-11(2)14(12(3)8-10)13(15)9-19(16,17)6-5-18-4/h7-8H,5-6,9H2,1-4H3. The van der Waals surface area contributed by atoms with Gasteiger partial charge in [0, 0.05) is 12.7 Å². The first-order valence-corrected chi connectivity index (χ1v) is 7.89. The minimum atomic E-state index is -3.41. The number of sulfone groups is 1. The second-order valence-corrected chi connectivity index (χ2v) is 6.97. The SMILES string of the molecule is COCCS(=O)(=O)CC(=O)c1c(C)cc(C)cc1C. The molecule has 106 valence electrons. The summed E-state index contributed by atoms with van der Waals surface area (Å²) in [4.78, 5) is 12.2. The van der Waals surface area contributed by atoms with Crippen LogP contribution in [0.2, 0.25) is 0 Å². The highest BCUT2D eigenvalue weighted by Crippen LogP contribution is 2.17. The van der Waals surface area contributed by atoms with Crippen LogP contribution in [0, 0.1) is 20.8 Å². The minimum Gasteiger partial charge on any atom is -0.384 e. The molecule has 0 unspecified atom stereocenters. The van der Waals surface area contributed by atoms with E-state index >= 15 is 0 Å². The molecular formula is C14H20O4S. The van der Waals surface area contributed by atoms with Crippen LogP contribution in [0.3, 0.4) is 0 Å². The van der Waals surface area contributed by atoms with Crippen molar-refractivity contribution >= 4 is 15.6 Å². The second kappa shape index (κ2) is 6.30. The fourth-order valence-corrected chi connectivity index (χ4v) is 3.28. The van der Waals surface area contributed by atoms with Crippen molar-refractivity contribution in [3.8, 4) is 0 Å². The van der Waals surface area contributed by atoms with Gasteiger partial charge in [-0.3, -0.25) is 4.79 Å². The summed E-state index contributed by atoms with van der Waals surface area (Å²) in [6.07, 6.45) is 0. The van der Waals surface area contributed by atoms with E-state index in [1.807, 2.05) is 32.9 Å². The molecule has 0 aliphatic rings. The van der Waals surface area contributed by atoms with E-state index in [4.69, 9.17) is 4.74 Å². The summed E-state index contributed by atoms with van der Waals surface area (Å²) in [7, 11) is -1.97. The molecule has 0 saturated heterocycles. The maximum absolute atomic E-state index is 12.2. The molecule has 0 atom stereocenters. The van der Waals surface area contributed by atoms with E-state index in [9.17, 15) is 13.2 Å². The number of hydrogen-bond acceptors (Lipinski definition) is 4. The van der Waals surface area contributed by atoms with Crippen LogP contribution in [-0.4, -0.2) is 39.4 Å². The summed E-state index contributed by atoms with van der Waals surface area (Å²) in [5, 5.41) is 0. The van der Waals surface area contributed by atoms with Crippen molar-refractivity contribution in [3.05, 3.63) is 34.4 Å². The van der Waals surface area contributed by atoms with Gasteiger partial charge in [0.25, 0.3) is 0 Å². The Labute approximate surface area is 114 Å². The number of Topliss-reactive ketones (excluding diaryl/α,β-unsaturated/α-hetero) is 1. The lowest BCUT2D eigenvalue weighted by molar-refractivity contribution is 0.101. The third-order valence-corrected chi connectivity index (χ3v) is 4.40. The van der Waals surface area contributed by atoms with Crippen LogP contribution in [-0.2, 0) is 14.6 Å². The predicted molar refractivity (Wildman–Crippen MR) is 75.5 cm³/mol. The summed E-state index contributed by atoms with van der Waals surface area (Å²) < 4.78 is 28.3. The Morgan fingerprint density at radius 2 is 1.68 bits per heavy atom. The second-order valence-electron chi connectivity index (χ2n) is 4.78. The van der Waals surface area contributed by atoms with E-state index in [0.717, 1.165) is 16.7 Å². The van der Waals surface area contributed by atoms with Gasteiger partial charge in [-0.1, -0.05) is 17.7 Å². The number of hydrogen-bond donors (Lipinski definition) is 0. The number of ketones is 1. The van der Waals surface area contributed by atoms with Crippen LogP contribution in [0.25, 0.3) is 0 Å². The quantitative estimate of drug-likeness (QED) is 0.748. The molecule has 1 aromatic carbocycles. The van der Waals surface area contributed by atoms with Crippen molar-refractivity contribution in [1.29, 1.82) is 0 Å². The van der Waals surface area contributed by atoms with E-state index < -0.39 is 15.6 Å². The number of aryl methyl sites for hydroxylation is 3. The van der Waals surface area contributed by atoms with Gasteiger partial charge in [-0.2, -0.15) is 0 Å². The lowest BCUT2D eigenvalue weighted by Gasteiger charge is -2.10. The molecule has 1 aromatic rings. The highest BCUT2D eigenvalue weighted by Gasteiger charge is 2.20. The molecule has 0 bridgehead atoms. The van der Waals surface area contributed by atoms with E-state index in [0.29, 0.717) is 5.56 Å². The van der Waals surface area contributed by atoms with Crippen LogP contribution in [0.1, 0.15) is 27.0 Å². The molecule has 0 spiro atoms. The molecule has 0 heterocycles. The Balaban J connectivity index is 2.97. The van der Waals surface area contributed by atoms with Gasteiger partial charge >= 0.3 is 0 Å². The molecule has 0 aliphatic carbocycles. The largest absolute Gasteiger partial charge is 0.384 e. The average Bonchev–Trinajstić information content (AvgIpc) is 2.24. The molecule has 0 N–H and O–H groups in total. The van der Waals surface area contributed by atoms with Crippen molar-refractivity contribution in [2.75, 3.05) is 25.2 Å². The zero-order valence-corrected chi connectivity index (χ0v) is 12.6. The number of ether oxygens (including phenoxy) is 1. The average molecular weight is 284 g/mol. The Kier molecular flexibility index (Phi) is 5.26. The monoisotopic (exact) mass is 284 g/mol. The molecule has 0 amide bonds. The van der Waals surface area contributed by atoms with E-state index in [-0.39, 0.29) is 18.1 Å².